The van der Waals surface area contributed by atoms with Gasteiger partial charge in [0.05, 0.1) is 6.26 Å². The summed E-state index contributed by atoms with van der Waals surface area (Å²) in [7, 11) is 0. The summed E-state index contributed by atoms with van der Waals surface area (Å²) in [5.41, 5.74) is 1.92. The molecule has 0 aromatic heterocycles. The second-order valence-electron chi connectivity index (χ2n) is 3.21. The first kappa shape index (κ1) is 10.4. The Morgan fingerprint density at radius 2 is 2.15 bits per heavy atom. The average molecular weight is 200 g/mol. The Morgan fingerprint density at radius 1 is 1.46 bits per heavy atom. The van der Waals surface area contributed by atoms with Crippen LogP contribution in [0.1, 0.15) is 20.3 Å². The molecule has 1 aliphatic rings. The third kappa shape index (κ3) is 3.68. The normalized spacial score (nSPS) is 39.7. The van der Waals surface area contributed by atoms with Crippen molar-refractivity contribution >= 4 is 12.6 Å². The van der Waals surface area contributed by atoms with E-state index in [9.17, 15) is 4.39 Å². The van der Waals surface area contributed by atoms with Crippen LogP contribution in [0.4, 0.5) is 4.39 Å². The van der Waals surface area contributed by atoms with Gasteiger partial charge < -0.3 is 4.74 Å². The maximum absolute atomic E-state index is 13.4. The highest BCUT2D eigenvalue weighted by Crippen LogP contribution is 2.28. The molecule has 13 heavy (non-hydrogen) atoms. The van der Waals surface area contributed by atoms with Crippen LogP contribution in [0.5, 0.6) is 0 Å². The van der Waals surface area contributed by atoms with Gasteiger partial charge in [-0.3, -0.25) is 0 Å². The average Bonchev–Trinajstić information content (AvgIpc) is 2.02. The summed E-state index contributed by atoms with van der Waals surface area (Å²) in [6.07, 6.45) is 7.01. The number of halogens is 1. The zero-order valence-electron chi connectivity index (χ0n) is 7.75. The van der Waals surface area contributed by atoms with Gasteiger partial charge in [-0.25, -0.2) is 0 Å². The molecule has 0 amide bonds. The molecule has 0 bridgehead atoms. The lowest BCUT2D eigenvalue weighted by atomic mass is 10.2. The second-order valence-corrected chi connectivity index (χ2v) is 3.88. The van der Waals surface area contributed by atoms with Gasteiger partial charge in [-0.05, 0) is 25.5 Å². The maximum atomic E-state index is 13.4. The SMILES string of the molecule is CC1=C/C=C(\C)CC(F)(S)O\C=C\1. The minimum absolute atomic E-state index is 0.171. The van der Waals surface area contributed by atoms with E-state index in [-0.39, 0.29) is 6.42 Å². The Morgan fingerprint density at radius 3 is 2.85 bits per heavy atom. The highest BCUT2D eigenvalue weighted by atomic mass is 32.1. The van der Waals surface area contributed by atoms with E-state index in [0.29, 0.717) is 0 Å². The lowest BCUT2D eigenvalue weighted by Crippen LogP contribution is -2.16. The Bertz CT molecular complexity index is 277. The second kappa shape index (κ2) is 4.01. The van der Waals surface area contributed by atoms with Crippen molar-refractivity contribution in [2.24, 2.45) is 0 Å². The van der Waals surface area contributed by atoms with Crippen molar-refractivity contribution in [2.45, 2.75) is 25.5 Å². The molecule has 1 rings (SSSR count). The smallest absolute Gasteiger partial charge is 0.297 e. The first-order valence-corrected chi connectivity index (χ1v) is 4.54. The molecule has 0 N–H and O–H groups in total. The maximum Gasteiger partial charge on any atom is 0.297 e. The predicted octanol–water partition coefficient (Wildman–Crippen LogP) is 3.37. The standard InChI is InChI=1S/C10H13FOS/c1-8-3-4-9(2)7-10(11,13)12-6-5-8/h3-6,13H,7H2,1-2H3/b6-5+,8-3-,9-4+. The number of rotatable bonds is 0. The summed E-state index contributed by atoms with van der Waals surface area (Å²) >= 11 is 3.77. The molecule has 0 aromatic rings. The number of ether oxygens (including phenoxy) is 1. The van der Waals surface area contributed by atoms with E-state index < -0.39 is 5.19 Å². The van der Waals surface area contributed by atoms with Crippen molar-refractivity contribution in [1.82, 2.24) is 0 Å². The van der Waals surface area contributed by atoms with Crippen LogP contribution in [0, 0.1) is 0 Å². The van der Waals surface area contributed by atoms with E-state index in [1.807, 2.05) is 26.0 Å². The topological polar surface area (TPSA) is 9.23 Å². The Hall–Kier alpha value is -0.700. The monoisotopic (exact) mass is 200 g/mol. The Kier molecular flexibility index (Phi) is 3.20. The predicted molar refractivity (Wildman–Crippen MR) is 55.2 cm³/mol. The lowest BCUT2D eigenvalue weighted by molar-refractivity contribution is -0.00805. The van der Waals surface area contributed by atoms with Crippen LogP contribution in [-0.4, -0.2) is 5.19 Å². The molecule has 1 unspecified atom stereocenters. The molecule has 0 saturated heterocycles. The van der Waals surface area contributed by atoms with Crippen molar-refractivity contribution in [3.05, 3.63) is 35.6 Å². The summed E-state index contributed by atoms with van der Waals surface area (Å²) in [5.74, 6) is 0. The zero-order chi connectivity index (χ0) is 9.90. The molecule has 1 atom stereocenters. The third-order valence-electron chi connectivity index (χ3n) is 1.71. The highest BCUT2D eigenvalue weighted by Gasteiger charge is 2.25. The zero-order valence-corrected chi connectivity index (χ0v) is 8.64. The number of thiol groups is 1. The molecule has 0 radical (unpaired) electrons. The van der Waals surface area contributed by atoms with Gasteiger partial charge in [0, 0.05) is 6.42 Å². The van der Waals surface area contributed by atoms with E-state index in [1.54, 1.807) is 6.08 Å². The third-order valence-corrected chi connectivity index (χ3v) is 1.97. The van der Waals surface area contributed by atoms with Gasteiger partial charge in [-0.2, -0.15) is 4.39 Å². The van der Waals surface area contributed by atoms with Crippen LogP contribution in [0.2, 0.25) is 0 Å². The molecule has 0 saturated carbocycles. The molecule has 1 aliphatic heterocycles. The fraction of sp³-hybridized carbons (Fsp3) is 0.400. The summed E-state index contributed by atoms with van der Waals surface area (Å²) in [6, 6.07) is 0. The van der Waals surface area contributed by atoms with Crippen LogP contribution in [0.3, 0.4) is 0 Å². The highest BCUT2D eigenvalue weighted by molar-refractivity contribution is 7.81. The fourth-order valence-corrected chi connectivity index (χ4v) is 1.33. The van der Waals surface area contributed by atoms with E-state index in [1.165, 1.54) is 6.26 Å². The van der Waals surface area contributed by atoms with Crippen LogP contribution >= 0.6 is 12.6 Å². The van der Waals surface area contributed by atoms with E-state index in [4.69, 9.17) is 4.74 Å². The number of hydrogen-bond acceptors (Lipinski definition) is 2. The molecule has 0 fully saturated rings. The van der Waals surface area contributed by atoms with Crippen LogP contribution in [0.15, 0.2) is 35.6 Å². The van der Waals surface area contributed by atoms with Crippen molar-refractivity contribution in [3.63, 3.8) is 0 Å². The number of allylic oxidation sites excluding steroid dienone is 4. The molecule has 1 nitrogen and oxygen atoms in total. The van der Waals surface area contributed by atoms with E-state index >= 15 is 0 Å². The molecule has 0 spiro atoms. The van der Waals surface area contributed by atoms with E-state index in [2.05, 4.69) is 12.6 Å². The van der Waals surface area contributed by atoms with Gasteiger partial charge in [0.1, 0.15) is 0 Å². The molecule has 0 aliphatic carbocycles. The quantitative estimate of drug-likeness (QED) is 0.590. The lowest BCUT2D eigenvalue weighted by Gasteiger charge is -2.18. The molecular weight excluding hydrogens is 187 g/mol. The van der Waals surface area contributed by atoms with Gasteiger partial charge in [-0.15, -0.1) is 0 Å². The first-order valence-electron chi connectivity index (χ1n) is 4.09. The number of alkyl halides is 1. The molecule has 1 heterocycles. The molecular formula is C10H13FOS. The summed E-state index contributed by atoms with van der Waals surface area (Å²) in [6.45, 7) is 3.77. The van der Waals surface area contributed by atoms with Crippen LogP contribution in [-0.2, 0) is 4.74 Å². The van der Waals surface area contributed by atoms with Gasteiger partial charge >= 0.3 is 0 Å². The van der Waals surface area contributed by atoms with Gasteiger partial charge in [0.2, 0.25) is 0 Å². The summed E-state index contributed by atoms with van der Waals surface area (Å²) in [4.78, 5) is 0. The largest absolute Gasteiger partial charge is 0.457 e. The summed E-state index contributed by atoms with van der Waals surface area (Å²) < 4.78 is 18.2. The van der Waals surface area contributed by atoms with Gasteiger partial charge in [0.15, 0.2) is 0 Å². The minimum Gasteiger partial charge on any atom is -0.457 e. The van der Waals surface area contributed by atoms with Crippen molar-refractivity contribution in [3.8, 4) is 0 Å². The van der Waals surface area contributed by atoms with Crippen LogP contribution in [0.25, 0.3) is 0 Å². The molecule has 3 heteroatoms. The van der Waals surface area contributed by atoms with Crippen molar-refractivity contribution < 1.29 is 9.13 Å². The minimum atomic E-state index is -1.89. The fourth-order valence-electron chi connectivity index (χ4n) is 1.02. The van der Waals surface area contributed by atoms with E-state index in [0.717, 1.165) is 11.1 Å². The van der Waals surface area contributed by atoms with Crippen molar-refractivity contribution in [1.29, 1.82) is 0 Å². The Labute approximate surface area is 83.4 Å². The summed E-state index contributed by atoms with van der Waals surface area (Å²) in [5, 5.41) is -1.89. The van der Waals surface area contributed by atoms with Gasteiger partial charge in [-0.1, -0.05) is 30.4 Å². The van der Waals surface area contributed by atoms with Crippen LogP contribution < -0.4 is 0 Å². The number of hydrogen-bond donors (Lipinski definition) is 1. The molecule has 0 aromatic carbocycles. The van der Waals surface area contributed by atoms with Gasteiger partial charge in [0.25, 0.3) is 5.19 Å². The Balaban J connectivity index is 2.88. The van der Waals surface area contributed by atoms with Crippen molar-refractivity contribution in [2.75, 3.05) is 0 Å². The molecule has 72 valence electrons. The first-order chi connectivity index (χ1) is 5.99.